The summed E-state index contributed by atoms with van der Waals surface area (Å²) in [6.45, 7) is 4.84. The van der Waals surface area contributed by atoms with Gasteiger partial charge in [0, 0.05) is 0 Å². The maximum Gasteiger partial charge on any atom is -0.000473 e. The fourth-order valence-electron chi connectivity index (χ4n) is 3.94. The second-order valence-electron chi connectivity index (χ2n) is 7.15. The van der Waals surface area contributed by atoms with Crippen LogP contribution in [0.5, 0.6) is 0 Å². The topological polar surface area (TPSA) is 0 Å². The highest BCUT2D eigenvalue weighted by atomic mass is 127. The predicted octanol–water partition coefficient (Wildman–Crippen LogP) is 7.39. The van der Waals surface area contributed by atoms with Crippen LogP contribution in [0.15, 0.2) is 0 Å². The fraction of sp³-hybridized carbons (Fsp3) is 1.00. The van der Waals surface area contributed by atoms with E-state index in [1.165, 1.54) is 87.9 Å². The molecule has 0 N–H and O–H groups in total. The third-order valence-electron chi connectivity index (χ3n) is 5.44. The Morgan fingerprint density at radius 3 is 2.35 bits per heavy atom. The minimum atomic E-state index is 1.01. The van der Waals surface area contributed by atoms with Crippen LogP contribution in [0.1, 0.15) is 97.3 Å². The molecule has 0 nitrogen and oxygen atoms in total. The number of rotatable bonds is 11. The van der Waals surface area contributed by atoms with Crippen molar-refractivity contribution in [2.75, 3.05) is 4.43 Å². The van der Waals surface area contributed by atoms with Crippen molar-refractivity contribution in [2.24, 2.45) is 17.8 Å². The van der Waals surface area contributed by atoms with Gasteiger partial charge in [0.1, 0.15) is 0 Å². The van der Waals surface area contributed by atoms with Crippen LogP contribution >= 0.6 is 22.6 Å². The highest BCUT2D eigenvalue weighted by Crippen LogP contribution is 2.34. The summed E-state index contributed by atoms with van der Waals surface area (Å²) in [7, 11) is 0. The normalized spacial score (nSPS) is 24.8. The summed E-state index contributed by atoms with van der Waals surface area (Å²) in [5.74, 6) is 3.11. The molecule has 1 rings (SSSR count). The van der Waals surface area contributed by atoms with Crippen LogP contribution in [0.2, 0.25) is 0 Å². The molecule has 0 aromatic rings. The summed E-state index contributed by atoms with van der Waals surface area (Å²) in [5.41, 5.74) is 0. The Kier molecular flexibility index (Phi) is 11.5. The molecule has 0 spiro atoms. The molecule has 3 atom stereocenters. The van der Waals surface area contributed by atoms with E-state index in [0.717, 1.165) is 17.8 Å². The molecule has 20 heavy (non-hydrogen) atoms. The zero-order chi connectivity index (χ0) is 14.6. The number of unbranched alkanes of at least 4 members (excludes halogenated alkanes) is 2. The van der Waals surface area contributed by atoms with E-state index in [9.17, 15) is 0 Å². The van der Waals surface area contributed by atoms with E-state index in [4.69, 9.17) is 0 Å². The van der Waals surface area contributed by atoms with Gasteiger partial charge in [-0.3, -0.25) is 0 Å². The van der Waals surface area contributed by atoms with E-state index in [-0.39, 0.29) is 0 Å². The highest BCUT2D eigenvalue weighted by Gasteiger charge is 2.21. The molecule has 3 unspecified atom stereocenters. The van der Waals surface area contributed by atoms with Crippen molar-refractivity contribution in [3.63, 3.8) is 0 Å². The number of halogens is 1. The molecule has 1 aliphatic rings. The van der Waals surface area contributed by atoms with E-state index < -0.39 is 0 Å². The van der Waals surface area contributed by atoms with E-state index in [1.54, 1.807) is 0 Å². The lowest BCUT2D eigenvalue weighted by atomic mass is 9.77. The Labute approximate surface area is 142 Å². The van der Waals surface area contributed by atoms with Crippen molar-refractivity contribution >= 4 is 22.6 Å². The molecule has 1 saturated carbocycles. The van der Waals surface area contributed by atoms with Gasteiger partial charge in [0.05, 0.1) is 0 Å². The van der Waals surface area contributed by atoms with Crippen LogP contribution in [-0.4, -0.2) is 4.43 Å². The number of alkyl halides is 1. The zero-order valence-corrected chi connectivity index (χ0v) is 16.2. The van der Waals surface area contributed by atoms with Crippen molar-refractivity contribution in [3.8, 4) is 0 Å². The lowest BCUT2D eigenvalue weighted by molar-refractivity contribution is 0.229. The van der Waals surface area contributed by atoms with Crippen molar-refractivity contribution < 1.29 is 0 Å². The summed E-state index contributed by atoms with van der Waals surface area (Å²) < 4.78 is 1.35. The molecule has 0 amide bonds. The monoisotopic (exact) mass is 392 g/mol. The van der Waals surface area contributed by atoms with E-state index in [1.807, 2.05) is 0 Å². The summed E-state index contributed by atoms with van der Waals surface area (Å²) in [6, 6.07) is 0. The van der Waals surface area contributed by atoms with Crippen LogP contribution in [-0.2, 0) is 0 Å². The Morgan fingerprint density at radius 1 is 0.950 bits per heavy atom. The molecule has 1 fully saturated rings. The van der Waals surface area contributed by atoms with E-state index in [0.29, 0.717) is 0 Å². The number of hydrogen-bond acceptors (Lipinski definition) is 0. The smallest absolute Gasteiger partial charge is 0.000473 e. The van der Waals surface area contributed by atoms with Crippen LogP contribution in [0.3, 0.4) is 0 Å². The number of hydrogen-bond donors (Lipinski definition) is 0. The van der Waals surface area contributed by atoms with E-state index in [2.05, 4.69) is 36.4 Å². The first-order valence-corrected chi connectivity index (χ1v) is 10.9. The molecular weight excluding hydrogens is 355 g/mol. The lowest BCUT2D eigenvalue weighted by Crippen LogP contribution is -2.16. The van der Waals surface area contributed by atoms with Crippen molar-refractivity contribution in [2.45, 2.75) is 97.3 Å². The van der Waals surface area contributed by atoms with Crippen LogP contribution in [0, 0.1) is 17.8 Å². The largest absolute Gasteiger partial charge is 0.0864 e. The maximum atomic E-state index is 2.52. The first-order valence-electron chi connectivity index (χ1n) is 9.33. The Bertz CT molecular complexity index is 214. The van der Waals surface area contributed by atoms with Gasteiger partial charge in [0.2, 0.25) is 0 Å². The fourth-order valence-corrected chi connectivity index (χ4v) is 4.48. The molecule has 0 aromatic heterocycles. The maximum absolute atomic E-state index is 2.52. The second-order valence-corrected chi connectivity index (χ2v) is 8.22. The molecule has 0 bridgehead atoms. The van der Waals surface area contributed by atoms with Gasteiger partial charge < -0.3 is 0 Å². The molecule has 0 saturated heterocycles. The second kappa shape index (κ2) is 12.3. The van der Waals surface area contributed by atoms with Gasteiger partial charge >= 0.3 is 0 Å². The highest BCUT2D eigenvalue weighted by molar-refractivity contribution is 14.1. The molecule has 0 heterocycles. The SMILES string of the molecule is CCCCC(CCCCI)CCCC1CCCCC1C. The standard InChI is InChI=1S/C19H37I/c1-3-4-11-18(12-7-8-16-20)13-9-15-19-14-6-5-10-17(19)2/h17-19H,3-16H2,1-2H3. The van der Waals surface area contributed by atoms with Crippen LogP contribution in [0.4, 0.5) is 0 Å². The minimum Gasteiger partial charge on any atom is -0.0864 e. The average Bonchev–Trinajstić information content (AvgIpc) is 2.46. The van der Waals surface area contributed by atoms with Crippen molar-refractivity contribution in [3.05, 3.63) is 0 Å². The van der Waals surface area contributed by atoms with Gasteiger partial charge in [-0.15, -0.1) is 0 Å². The van der Waals surface area contributed by atoms with Crippen molar-refractivity contribution in [1.82, 2.24) is 0 Å². The third-order valence-corrected chi connectivity index (χ3v) is 6.20. The van der Waals surface area contributed by atoms with Crippen molar-refractivity contribution in [1.29, 1.82) is 0 Å². The van der Waals surface area contributed by atoms with Crippen LogP contribution in [0.25, 0.3) is 0 Å². The molecular formula is C19H37I. The summed E-state index contributed by atoms with van der Waals surface area (Å²) in [5, 5.41) is 0. The Morgan fingerprint density at radius 2 is 1.65 bits per heavy atom. The lowest BCUT2D eigenvalue weighted by Gasteiger charge is -2.29. The molecule has 0 radical (unpaired) electrons. The predicted molar refractivity (Wildman–Crippen MR) is 101 cm³/mol. The zero-order valence-electron chi connectivity index (χ0n) is 14.0. The van der Waals surface area contributed by atoms with Gasteiger partial charge in [0.15, 0.2) is 0 Å². The van der Waals surface area contributed by atoms with Gasteiger partial charge in [-0.1, -0.05) is 113 Å². The van der Waals surface area contributed by atoms with Crippen LogP contribution < -0.4 is 0 Å². The first-order chi connectivity index (χ1) is 9.77. The van der Waals surface area contributed by atoms with Gasteiger partial charge in [0.25, 0.3) is 0 Å². The van der Waals surface area contributed by atoms with Gasteiger partial charge in [-0.05, 0) is 28.6 Å². The average molecular weight is 392 g/mol. The molecule has 0 aliphatic heterocycles. The Balaban J connectivity index is 2.18. The molecule has 120 valence electrons. The third kappa shape index (κ3) is 8.24. The summed E-state index contributed by atoms with van der Waals surface area (Å²) >= 11 is 2.52. The minimum absolute atomic E-state index is 1.01. The molecule has 1 aliphatic carbocycles. The first kappa shape index (κ1) is 18.8. The van der Waals surface area contributed by atoms with Gasteiger partial charge in [-0.2, -0.15) is 0 Å². The molecule has 0 aromatic carbocycles. The van der Waals surface area contributed by atoms with E-state index >= 15 is 0 Å². The molecule has 1 heteroatoms. The quantitative estimate of drug-likeness (QED) is 0.195. The van der Waals surface area contributed by atoms with Gasteiger partial charge in [-0.25, -0.2) is 0 Å². The summed E-state index contributed by atoms with van der Waals surface area (Å²) in [4.78, 5) is 0. The Hall–Kier alpha value is 0.730. The summed E-state index contributed by atoms with van der Waals surface area (Å²) in [6.07, 6.45) is 19.3.